The van der Waals surface area contributed by atoms with Crippen LogP contribution in [0.5, 0.6) is 0 Å². The summed E-state index contributed by atoms with van der Waals surface area (Å²) in [4.78, 5) is 0. The summed E-state index contributed by atoms with van der Waals surface area (Å²) in [6.45, 7) is 0. The molecule has 0 bridgehead atoms. The number of hydrogen-bond acceptors (Lipinski definition) is 1. The molecule has 0 atom stereocenters. The van der Waals surface area contributed by atoms with E-state index in [0.717, 1.165) is 0 Å². The Bertz CT molecular complexity index is 10.0. The van der Waals surface area contributed by atoms with Gasteiger partial charge in [-0.2, -0.15) is 0 Å². The minimum Gasteiger partial charge on any atom is -0.409 e. The molecule has 0 saturated heterocycles. The smallest absolute Gasteiger partial charge is 0.247 e. The van der Waals surface area contributed by atoms with Gasteiger partial charge in [-0.3, -0.25) is 0 Å². The zero-order valence-electron chi connectivity index (χ0n) is 1.99. The number of halogens is 1. The predicted molar refractivity (Wildman–Crippen MR) is 20.6 cm³/mol. The summed E-state index contributed by atoms with van der Waals surface area (Å²) in [5, 5.41) is 0. The Morgan fingerprint density at radius 2 is 2.25 bits per heavy atom. The van der Waals surface area contributed by atoms with Crippen molar-refractivity contribution < 1.29 is 4.43 Å². The van der Waals surface area contributed by atoms with Gasteiger partial charge in [0.2, 0.25) is 10.5 Å². The molecule has 3 radical (unpaired) electrons. The highest BCUT2D eigenvalue weighted by molar-refractivity contribution is 9.09. The highest BCUT2D eigenvalue weighted by Gasteiger charge is 1.55. The third-order valence-corrected chi connectivity index (χ3v) is 0.850. The molecule has 0 aliphatic rings. The van der Waals surface area contributed by atoms with Crippen LogP contribution in [0.1, 0.15) is 0 Å². The average Bonchev–Trinajstić information content (AvgIpc) is 1.37. The Morgan fingerprint density at radius 3 is 2.25 bits per heavy atom. The van der Waals surface area contributed by atoms with Crippen LogP contribution < -0.4 is 0 Å². The Balaban J connectivity index is 1.97. The molecule has 0 amide bonds. The van der Waals surface area contributed by atoms with Crippen molar-refractivity contribution in [1.82, 2.24) is 0 Å². The fourth-order valence-electron chi connectivity index (χ4n) is 0. The summed E-state index contributed by atoms with van der Waals surface area (Å²) in [6.07, 6.45) is 0. The Hall–Kier alpha value is 0.657. The maximum Gasteiger partial charge on any atom is 0.247 e. The van der Waals surface area contributed by atoms with E-state index in [9.17, 15) is 0 Å². The van der Waals surface area contributed by atoms with Crippen LogP contribution in [-0.4, -0.2) is 16.0 Å². The zero-order valence-corrected chi connectivity index (χ0v) is 4.58. The lowest BCUT2D eigenvalue weighted by molar-refractivity contribution is 0.441. The fourth-order valence-corrected chi connectivity index (χ4v) is 0. The van der Waals surface area contributed by atoms with Crippen LogP contribution in [0.2, 0.25) is 0 Å². The van der Waals surface area contributed by atoms with Crippen molar-refractivity contribution in [3.05, 3.63) is 0 Å². The third-order valence-electron chi connectivity index (χ3n) is 0.0546. The van der Waals surface area contributed by atoms with Gasteiger partial charge in [0.15, 0.2) is 0 Å². The van der Waals surface area contributed by atoms with Gasteiger partial charge in [-0.25, -0.2) is 0 Å². The Labute approximate surface area is 37.0 Å². The van der Waals surface area contributed by atoms with E-state index in [1.54, 1.807) is 0 Å². The van der Waals surface area contributed by atoms with E-state index in [1.807, 2.05) is 0 Å². The molecule has 0 heterocycles. The largest absolute Gasteiger partial charge is 0.409 e. The van der Waals surface area contributed by atoms with Gasteiger partial charge in [0.25, 0.3) is 0 Å². The molecule has 0 N–H and O–H groups in total. The van der Waals surface area contributed by atoms with E-state index in [4.69, 9.17) is 0 Å². The van der Waals surface area contributed by atoms with Gasteiger partial charge in [0.05, 0.1) is 5.52 Å². The summed E-state index contributed by atoms with van der Waals surface area (Å²) in [7, 11) is 2.74. The van der Waals surface area contributed by atoms with E-state index in [-0.39, 0.29) is 0 Å². The SMILES string of the molecule is [Si]OCBr. The van der Waals surface area contributed by atoms with Crippen molar-refractivity contribution in [2.75, 3.05) is 5.52 Å². The summed E-state index contributed by atoms with van der Waals surface area (Å²) in [5.74, 6) is 0. The molecule has 1 nitrogen and oxygen atoms in total. The first-order valence-electron chi connectivity index (χ1n) is 0.760. The summed E-state index contributed by atoms with van der Waals surface area (Å²) in [6, 6.07) is 0. The second-order valence-corrected chi connectivity index (χ2v) is 1.000. The standard InChI is InChI=1S/CH2BrOSi/c2-1-3-4/h1H2. The molecule has 23 valence electrons. The second kappa shape index (κ2) is 3.66. The fraction of sp³-hybridized carbons (Fsp3) is 1.00. The van der Waals surface area contributed by atoms with E-state index >= 15 is 0 Å². The molecule has 0 aliphatic heterocycles. The predicted octanol–water partition coefficient (Wildman–Crippen LogP) is 0.439. The normalized spacial score (nSPS) is 7.50. The minimum atomic E-state index is 0.546. The lowest BCUT2D eigenvalue weighted by Gasteiger charge is -1.73. The molecule has 0 unspecified atom stereocenters. The van der Waals surface area contributed by atoms with Crippen LogP contribution in [0.25, 0.3) is 0 Å². The van der Waals surface area contributed by atoms with Gasteiger partial charge in [-0.15, -0.1) is 0 Å². The van der Waals surface area contributed by atoms with Crippen LogP contribution in [0.3, 0.4) is 0 Å². The molecular formula is CH2BrOSi. The molecule has 0 spiro atoms. The quantitative estimate of drug-likeness (QED) is 0.377. The summed E-state index contributed by atoms with van der Waals surface area (Å²) >= 11 is 2.98. The first-order chi connectivity index (χ1) is 1.91. The molecule has 0 aromatic rings. The maximum atomic E-state index is 4.26. The molecule has 0 fully saturated rings. The first-order valence-corrected chi connectivity index (χ1v) is 2.29. The van der Waals surface area contributed by atoms with E-state index in [2.05, 4.69) is 30.8 Å². The van der Waals surface area contributed by atoms with Crippen LogP contribution >= 0.6 is 15.9 Å². The van der Waals surface area contributed by atoms with Crippen molar-refractivity contribution in [3.8, 4) is 0 Å². The zero-order chi connectivity index (χ0) is 3.41. The summed E-state index contributed by atoms with van der Waals surface area (Å²) in [5.41, 5.74) is 0.546. The van der Waals surface area contributed by atoms with Gasteiger partial charge >= 0.3 is 0 Å². The molecule has 4 heavy (non-hydrogen) atoms. The van der Waals surface area contributed by atoms with Crippen molar-refractivity contribution >= 4 is 26.4 Å². The highest BCUT2D eigenvalue weighted by atomic mass is 79.9. The number of rotatable bonds is 1. The van der Waals surface area contributed by atoms with Crippen molar-refractivity contribution in [2.24, 2.45) is 0 Å². The van der Waals surface area contributed by atoms with Gasteiger partial charge < -0.3 is 4.43 Å². The monoisotopic (exact) mass is 137 g/mol. The molecule has 0 aliphatic carbocycles. The van der Waals surface area contributed by atoms with Gasteiger partial charge in [-0.05, 0) is 0 Å². The molecular weight excluding hydrogens is 136 g/mol. The molecule has 0 rings (SSSR count). The van der Waals surface area contributed by atoms with Gasteiger partial charge in [0, 0.05) is 0 Å². The number of alkyl halides is 1. The highest BCUT2D eigenvalue weighted by Crippen LogP contribution is 1.72. The lowest BCUT2D eigenvalue weighted by atomic mass is 11.8. The minimum absolute atomic E-state index is 0.546. The van der Waals surface area contributed by atoms with Gasteiger partial charge in [-0.1, -0.05) is 15.9 Å². The average molecular weight is 138 g/mol. The third kappa shape index (κ3) is 2.66. The van der Waals surface area contributed by atoms with Gasteiger partial charge in [0.1, 0.15) is 0 Å². The van der Waals surface area contributed by atoms with Crippen LogP contribution in [-0.2, 0) is 4.43 Å². The molecule has 0 saturated carbocycles. The molecule has 0 aromatic heterocycles. The molecule has 3 heteroatoms. The van der Waals surface area contributed by atoms with E-state index in [0.29, 0.717) is 5.52 Å². The van der Waals surface area contributed by atoms with Crippen LogP contribution in [0.4, 0.5) is 0 Å². The van der Waals surface area contributed by atoms with Crippen molar-refractivity contribution in [1.29, 1.82) is 0 Å². The van der Waals surface area contributed by atoms with E-state index in [1.165, 1.54) is 0 Å². The van der Waals surface area contributed by atoms with Crippen LogP contribution in [0, 0.1) is 0 Å². The second-order valence-electron chi connectivity index (χ2n) is 0.253. The van der Waals surface area contributed by atoms with Crippen LogP contribution in [0.15, 0.2) is 0 Å². The topological polar surface area (TPSA) is 9.23 Å². The lowest BCUT2D eigenvalue weighted by Crippen LogP contribution is -1.71. The number of hydrogen-bond donors (Lipinski definition) is 0. The Kier molecular flexibility index (Phi) is 4.26. The maximum absolute atomic E-state index is 4.26. The van der Waals surface area contributed by atoms with Crippen molar-refractivity contribution in [2.45, 2.75) is 0 Å². The van der Waals surface area contributed by atoms with E-state index < -0.39 is 0 Å². The Morgan fingerprint density at radius 1 is 2.00 bits per heavy atom. The molecule has 0 aromatic carbocycles. The van der Waals surface area contributed by atoms with Crippen molar-refractivity contribution in [3.63, 3.8) is 0 Å². The first kappa shape index (κ1) is 4.66. The summed E-state index contributed by atoms with van der Waals surface area (Å²) < 4.78 is 4.26.